The highest BCUT2D eigenvalue weighted by Gasteiger charge is 2.20. The third kappa shape index (κ3) is 8.88. The Hall–Kier alpha value is -0.0900. The van der Waals surface area contributed by atoms with Gasteiger partial charge < -0.3 is 5.32 Å². The molecule has 0 aromatic rings. The van der Waals surface area contributed by atoms with E-state index in [9.17, 15) is 8.42 Å². The quantitative estimate of drug-likeness (QED) is 0.732. The van der Waals surface area contributed by atoms with Gasteiger partial charge in [0.15, 0.2) is 0 Å². The molecule has 0 aromatic heterocycles. The normalized spacial score (nSPS) is 15.3. The van der Waals surface area contributed by atoms with Gasteiger partial charge in [0, 0.05) is 18.1 Å². The monoisotopic (exact) mass is 235 g/mol. The maximum Gasteiger partial charge on any atom is 0.147 e. The van der Waals surface area contributed by atoms with Gasteiger partial charge in [-0.3, -0.25) is 0 Å². The Morgan fingerprint density at radius 3 is 2.27 bits per heavy atom. The van der Waals surface area contributed by atoms with Crippen molar-refractivity contribution < 1.29 is 8.42 Å². The molecule has 15 heavy (non-hydrogen) atoms. The summed E-state index contributed by atoms with van der Waals surface area (Å²) >= 11 is 0. The Morgan fingerprint density at radius 2 is 1.87 bits per heavy atom. The van der Waals surface area contributed by atoms with Crippen LogP contribution < -0.4 is 5.32 Å². The molecule has 0 aliphatic rings. The van der Waals surface area contributed by atoms with Crippen molar-refractivity contribution >= 4 is 9.84 Å². The van der Waals surface area contributed by atoms with Crippen LogP contribution in [0.4, 0.5) is 0 Å². The molecule has 0 saturated carbocycles. The molecule has 1 atom stereocenters. The molecule has 0 radical (unpaired) electrons. The van der Waals surface area contributed by atoms with Crippen LogP contribution in [-0.2, 0) is 9.84 Å². The summed E-state index contributed by atoms with van der Waals surface area (Å²) < 4.78 is 22.0. The topological polar surface area (TPSA) is 46.2 Å². The average Bonchev–Trinajstić information content (AvgIpc) is 2.00. The highest BCUT2D eigenvalue weighted by Crippen LogP contribution is 2.28. The molecule has 0 saturated heterocycles. The second-order valence-corrected chi connectivity index (χ2v) is 7.55. The molecule has 1 unspecified atom stereocenters. The van der Waals surface area contributed by atoms with E-state index in [0.717, 1.165) is 19.3 Å². The Kier molecular flexibility index (Phi) is 5.81. The molecular formula is C11H25NO2S. The number of nitrogens with one attached hydrogen (secondary N) is 1. The van der Waals surface area contributed by atoms with E-state index in [0.29, 0.717) is 11.8 Å². The lowest BCUT2D eigenvalue weighted by Crippen LogP contribution is -2.28. The predicted molar refractivity (Wildman–Crippen MR) is 65.9 cm³/mol. The lowest BCUT2D eigenvalue weighted by atomic mass is 9.82. The maximum absolute atomic E-state index is 11.0. The SMILES string of the molecule is CNC(C)CC(C)(C)CCCS(C)(=O)=O. The van der Waals surface area contributed by atoms with E-state index < -0.39 is 9.84 Å². The standard InChI is InChI=1S/C11H25NO2S/c1-10(12-4)9-11(2,3)7-6-8-15(5,13)14/h10,12H,6-9H2,1-5H3. The minimum absolute atomic E-state index is 0.215. The van der Waals surface area contributed by atoms with Crippen molar-refractivity contribution in [2.24, 2.45) is 5.41 Å². The molecule has 0 aliphatic heterocycles. The first-order valence-electron chi connectivity index (χ1n) is 5.51. The number of sulfone groups is 1. The molecule has 3 nitrogen and oxygen atoms in total. The highest BCUT2D eigenvalue weighted by atomic mass is 32.2. The first-order valence-corrected chi connectivity index (χ1v) is 7.57. The van der Waals surface area contributed by atoms with Gasteiger partial charge in [0.25, 0.3) is 0 Å². The van der Waals surface area contributed by atoms with E-state index in [2.05, 4.69) is 26.1 Å². The summed E-state index contributed by atoms with van der Waals surface area (Å²) in [6.45, 7) is 6.55. The molecule has 0 fully saturated rings. The second-order valence-electron chi connectivity index (χ2n) is 5.29. The summed E-state index contributed by atoms with van der Waals surface area (Å²) in [7, 11) is -0.841. The van der Waals surface area contributed by atoms with Crippen molar-refractivity contribution in [2.45, 2.75) is 46.1 Å². The third-order valence-corrected chi connectivity index (χ3v) is 3.75. The lowest BCUT2D eigenvalue weighted by molar-refractivity contribution is 0.271. The van der Waals surface area contributed by atoms with E-state index in [1.165, 1.54) is 6.26 Å². The van der Waals surface area contributed by atoms with Gasteiger partial charge in [0.2, 0.25) is 0 Å². The van der Waals surface area contributed by atoms with Crippen LogP contribution >= 0.6 is 0 Å². The summed E-state index contributed by atoms with van der Waals surface area (Å²) in [5, 5.41) is 3.21. The largest absolute Gasteiger partial charge is 0.317 e. The molecule has 4 heteroatoms. The van der Waals surface area contributed by atoms with Gasteiger partial charge in [-0.1, -0.05) is 13.8 Å². The Balaban J connectivity index is 3.94. The number of hydrogen-bond acceptors (Lipinski definition) is 3. The molecule has 0 aliphatic carbocycles. The first kappa shape index (κ1) is 14.9. The second kappa shape index (κ2) is 5.85. The predicted octanol–water partition coefficient (Wildman–Crippen LogP) is 1.84. The van der Waals surface area contributed by atoms with Gasteiger partial charge in [0.1, 0.15) is 9.84 Å². The maximum atomic E-state index is 11.0. The van der Waals surface area contributed by atoms with Crippen LogP contribution in [-0.4, -0.2) is 33.5 Å². The van der Waals surface area contributed by atoms with Crippen LogP contribution in [0.1, 0.15) is 40.0 Å². The summed E-state index contributed by atoms with van der Waals surface area (Å²) in [5.74, 6) is 0.310. The van der Waals surface area contributed by atoms with Gasteiger partial charge in [-0.25, -0.2) is 8.42 Å². The smallest absolute Gasteiger partial charge is 0.147 e. The number of hydrogen-bond donors (Lipinski definition) is 1. The van der Waals surface area contributed by atoms with Crippen LogP contribution in [0.25, 0.3) is 0 Å². The number of rotatable bonds is 7. The van der Waals surface area contributed by atoms with Crippen molar-refractivity contribution in [3.8, 4) is 0 Å². The zero-order valence-corrected chi connectivity index (χ0v) is 11.4. The Morgan fingerprint density at radius 1 is 1.33 bits per heavy atom. The van der Waals surface area contributed by atoms with Crippen LogP contribution in [0.2, 0.25) is 0 Å². The van der Waals surface area contributed by atoms with Crippen LogP contribution in [0, 0.1) is 5.41 Å². The molecule has 92 valence electrons. The summed E-state index contributed by atoms with van der Waals surface area (Å²) in [5.41, 5.74) is 0.215. The van der Waals surface area contributed by atoms with Crippen molar-refractivity contribution in [3.05, 3.63) is 0 Å². The minimum Gasteiger partial charge on any atom is -0.317 e. The molecule has 0 rings (SSSR count). The minimum atomic E-state index is -2.80. The molecular weight excluding hydrogens is 210 g/mol. The van der Waals surface area contributed by atoms with E-state index in [1.54, 1.807) is 0 Å². The van der Waals surface area contributed by atoms with Crippen molar-refractivity contribution in [3.63, 3.8) is 0 Å². The van der Waals surface area contributed by atoms with Gasteiger partial charge >= 0.3 is 0 Å². The van der Waals surface area contributed by atoms with Crippen molar-refractivity contribution in [1.82, 2.24) is 5.32 Å². The van der Waals surface area contributed by atoms with Crippen LogP contribution in [0.3, 0.4) is 0 Å². The molecule has 0 spiro atoms. The fraction of sp³-hybridized carbons (Fsp3) is 1.00. The summed E-state index contributed by atoms with van der Waals surface area (Å²) in [4.78, 5) is 0. The molecule has 0 amide bonds. The van der Waals surface area contributed by atoms with E-state index in [4.69, 9.17) is 0 Å². The van der Waals surface area contributed by atoms with E-state index >= 15 is 0 Å². The van der Waals surface area contributed by atoms with Crippen molar-refractivity contribution in [1.29, 1.82) is 0 Å². The summed E-state index contributed by atoms with van der Waals surface area (Å²) in [6, 6.07) is 0.484. The Bertz CT molecular complexity index is 270. The van der Waals surface area contributed by atoms with Crippen molar-refractivity contribution in [2.75, 3.05) is 19.1 Å². The fourth-order valence-corrected chi connectivity index (χ4v) is 2.51. The molecule has 0 aromatic carbocycles. The Labute approximate surface area is 94.6 Å². The van der Waals surface area contributed by atoms with Gasteiger partial charge in [-0.05, 0) is 38.6 Å². The van der Waals surface area contributed by atoms with Crippen LogP contribution in [0.15, 0.2) is 0 Å². The lowest BCUT2D eigenvalue weighted by Gasteiger charge is -2.27. The molecule has 0 heterocycles. The van der Waals surface area contributed by atoms with E-state index in [-0.39, 0.29) is 5.41 Å². The average molecular weight is 235 g/mol. The third-order valence-electron chi connectivity index (χ3n) is 2.72. The zero-order valence-electron chi connectivity index (χ0n) is 10.6. The fourth-order valence-electron chi connectivity index (χ4n) is 1.85. The first-order chi connectivity index (χ1) is 6.66. The van der Waals surface area contributed by atoms with Gasteiger partial charge in [-0.2, -0.15) is 0 Å². The highest BCUT2D eigenvalue weighted by molar-refractivity contribution is 7.90. The zero-order chi connectivity index (χ0) is 12.1. The van der Waals surface area contributed by atoms with Gasteiger partial charge in [-0.15, -0.1) is 0 Å². The van der Waals surface area contributed by atoms with Crippen LogP contribution in [0.5, 0.6) is 0 Å². The summed E-state index contributed by atoms with van der Waals surface area (Å²) in [6.07, 6.45) is 4.11. The van der Waals surface area contributed by atoms with E-state index in [1.807, 2.05) is 7.05 Å². The van der Waals surface area contributed by atoms with Gasteiger partial charge in [0.05, 0.1) is 0 Å². The molecule has 1 N–H and O–H groups in total. The molecule has 0 bridgehead atoms.